The number of ether oxygens (including phenoxy) is 1. The van der Waals surface area contributed by atoms with Crippen LogP contribution in [0, 0.1) is 0 Å². The van der Waals surface area contributed by atoms with E-state index in [9.17, 15) is 18.0 Å². The molecule has 3 aromatic rings. The van der Waals surface area contributed by atoms with Gasteiger partial charge in [-0.3, -0.25) is 4.79 Å². The van der Waals surface area contributed by atoms with Crippen molar-refractivity contribution >= 4 is 22.4 Å². The smallest absolute Gasteiger partial charge is 0.416 e. The lowest BCUT2D eigenvalue weighted by molar-refractivity contribution is -0.137. The molecule has 1 amide bonds. The maximum absolute atomic E-state index is 13.2. The third-order valence-electron chi connectivity index (χ3n) is 5.44. The number of hydrogen-bond acceptors (Lipinski definition) is 3. The summed E-state index contributed by atoms with van der Waals surface area (Å²) in [5.74, 6) is 0.620. The number of carbonyl (C=O) groups excluding carboxylic acids is 1. The van der Waals surface area contributed by atoms with Gasteiger partial charge < -0.3 is 14.5 Å². The number of piperazine rings is 1. The zero-order valence-electron chi connectivity index (χ0n) is 16.4. The summed E-state index contributed by atoms with van der Waals surface area (Å²) in [4.78, 5) is 16.8. The number of carbonyl (C=O) groups is 1. The van der Waals surface area contributed by atoms with Crippen molar-refractivity contribution in [3.8, 4) is 5.75 Å². The molecule has 0 aliphatic carbocycles. The largest absolute Gasteiger partial charge is 0.496 e. The van der Waals surface area contributed by atoms with Gasteiger partial charge in [0.05, 0.1) is 12.7 Å². The second-order valence-electron chi connectivity index (χ2n) is 7.19. The molecule has 0 atom stereocenters. The summed E-state index contributed by atoms with van der Waals surface area (Å²) < 4.78 is 44.4. The van der Waals surface area contributed by atoms with Gasteiger partial charge in [0, 0.05) is 42.8 Å². The van der Waals surface area contributed by atoms with Gasteiger partial charge >= 0.3 is 6.18 Å². The number of amides is 1. The molecule has 0 radical (unpaired) electrons. The third kappa shape index (κ3) is 3.79. The first-order valence-electron chi connectivity index (χ1n) is 9.65. The van der Waals surface area contributed by atoms with Crippen LogP contribution in [0.25, 0.3) is 10.8 Å². The second kappa shape index (κ2) is 7.89. The molecule has 0 unspecified atom stereocenters. The average Bonchev–Trinajstić information content (AvgIpc) is 2.77. The molecule has 1 aliphatic rings. The van der Waals surface area contributed by atoms with Gasteiger partial charge in [-0.2, -0.15) is 13.2 Å². The SMILES string of the molecule is COc1ccc(C(=O)N2CCN(c3cccc(C(F)(F)F)c3)CC2)c2ccccc12. The van der Waals surface area contributed by atoms with Crippen LogP contribution in [0.3, 0.4) is 0 Å². The molecule has 0 N–H and O–H groups in total. The predicted octanol–water partition coefficient (Wildman–Crippen LogP) is 4.83. The number of hydrogen-bond donors (Lipinski definition) is 0. The van der Waals surface area contributed by atoms with Gasteiger partial charge in [0.2, 0.25) is 0 Å². The van der Waals surface area contributed by atoms with Crippen LogP contribution >= 0.6 is 0 Å². The molecule has 1 aliphatic heterocycles. The molecule has 1 saturated heterocycles. The lowest BCUT2D eigenvalue weighted by atomic mass is 10.0. The molecule has 7 heteroatoms. The maximum atomic E-state index is 13.2. The highest BCUT2D eigenvalue weighted by Gasteiger charge is 2.31. The minimum Gasteiger partial charge on any atom is -0.496 e. The van der Waals surface area contributed by atoms with Gasteiger partial charge in [0.15, 0.2) is 0 Å². The van der Waals surface area contributed by atoms with Crippen LogP contribution in [-0.2, 0) is 6.18 Å². The molecular weight excluding hydrogens is 393 g/mol. The Morgan fingerprint density at radius 1 is 0.900 bits per heavy atom. The van der Waals surface area contributed by atoms with E-state index in [-0.39, 0.29) is 5.91 Å². The van der Waals surface area contributed by atoms with Gasteiger partial charge in [0.25, 0.3) is 5.91 Å². The standard InChI is InChI=1S/C23H21F3N2O2/c1-30-21-10-9-20(18-7-2-3-8-19(18)21)22(29)28-13-11-27(12-14-28)17-6-4-5-16(15-17)23(24,25)26/h2-10,15H,11-14H2,1H3. The highest BCUT2D eigenvalue weighted by atomic mass is 19.4. The summed E-state index contributed by atoms with van der Waals surface area (Å²) in [5.41, 5.74) is 0.453. The first-order chi connectivity index (χ1) is 14.4. The fourth-order valence-corrected chi connectivity index (χ4v) is 3.85. The molecule has 0 bridgehead atoms. The molecule has 0 saturated carbocycles. The first-order valence-corrected chi connectivity index (χ1v) is 9.65. The van der Waals surface area contributed by atoms with E-state index < -0.39 is 11.7 Å². The van der Waals surface area contributed by atoms with Crippen LogP contribution < -0.4 is 9.64 Å². The van der Waals surface area contributed by atoms with Crippen molar-refractivity contribution in [3.63, 3.8) is 0 Å². The zero-order valence-corrected chi connectivity index (χ0v) is 16.4. The summed E-state index contributed by atoms with van der Waals surface area (Å²) in [6.07, 6.45) is -4.37. The molecule has 0 spiro atoms. The molecule has 156 valence electrons. The Bertz CT molecular complexity index is 1070. The van der Waals surface area contributed by atoms with Gasteiger partial charge in [0.1, 0.15) is 5.75 Å². The predicted molar refractivity (Wildman–Crippen MR) is 110 cm³/mol. The summed E-state index contributed by atoms with van der Waals surface area (Å²) in [5, 5.41) is 1.69. The maximum Gasteiger partial charge on any atom is 0.416 e. The van der Waals surface area contributed by atoms with Crippen molar-refractivity contribution in [3.05, 3.63) is 71.8 Å². The van der Waals surface area contributed by atoms with Crippen LogP contribution in [0.2, 0.25) is 0 Å². The molecule has 3 aromatic carbocycles. The highest BCUT2D eigenvalue weighted by molar-refractivity contribution is 6.08. The van der Waals surface area contributed by atoms with Crippen molar-refractivity contribution in [2.24, 2.45) is 0 Å². The lowest BCUT2D eigenvalue weighted by Crippen LogP contribution is -2.48. The van der Waals surface area contributed by atoms with Gasteiger partial charge in [-0.05, 0) is 35.7 Å². The Balaban J connectivity index is 1.51. The minimum atomic E-state index is -4.37. The molecule has 0 aromatic heterocycles. The number of alkyl halides is 3. The molecule has 30 heavy (non-hydrogen) atoms. The zero-order chi connectivity index (χ0) is 21.3. The van der Waals surface area contributed by atoms with E-state index in [4.69, 9.17) is 4.74 Å². The Kier molecular flexibility index (Phi) is 5.28. The Morgan fingerprint density at radius 2 is 1.60 bits per heavy atom. The number of halogens is 3. The number of fused-ring (bicyclic) bond motifs is 1. The quantitative estimate of drug-likeness (QED) is 0.616. The van der Waals surface area contributed by atoms with Crippen molar-refractivity contribution in [1.29, 1.82) is 0 Å². The fourth-order valence-electron chi connectivity index (χ4n) is 3.85. The molecule has 4 rings (SSSR count). The summed E-state index contributed by atoms with van der Waals surface area (Å²) in [6, 6.07) is 16.4. The highest BCUT2D eigenvalue weighted by Crippen LogP contribution is 2.32. The van der Waals surface area contributed by atoms with E-state index in [1.165, 1.54) is 6.07 Å². The van der Waals surface area contributed by atoms with Crippen LogP contribution in [0.15, 0.2) is 60.7 Å². The van der Waals surface area contributed by atoms with E-state index in [0.717, 1.165) is 22.9 Å². The summed E-state index contributed by atoms with van der Waals surface area (Å²) in [6.45, 7) is 1.83. The van der Waals surface area contributed by atoms with Crippen LogP contribution in [-0.4, -0.2) is 44.1 Å². The van der Waals surface area contributed by atoms with Gasteiger partial charge in [-0.15, -0.1) is 0 Å². The molecule has 1 fully saturated rings. The Labute approximate surface area is 172 Å². The van der Waals surface area contributed by atoms with Crippen LogP contribution in [0.4, 0.5) is 18.9 Å². The van der Waals surface area contributed by atoms with Crippen molar-refractivity contribution in [2.75, 3.05) is 38.2 Å². The van der Waals surface area contributed by atoms with E-state index in [1.807, 2.05) is 29.2 Å². The Hall–Kier alpha value is -3.22. The minimum absolute atomic E-state index is 0.0856. The Morgan fingerprint density at radius 3 is 2.27 bits per heavy atom. The van der Waals surface area contributed by atoms with Crippen LogP contribution in [0.5, 0.6) is 5.75 Å². The second-order valence-corrected chi connectivity index (χ2v) is 7.19. The van der Waals surface area contributed by atoms with Crippen molar-refractivity contribution in [1.82, 2.24) is 4.90 Å². The number of methoxy groups -OCH3 is 1. The first kappa shape index (κ1) is 20.1. The normalized spacial score (nSPS) is 14.8. The van der Waals surface area contributed by atoms with E-state index in [1.54, 1.807) is 30.2 Å². The third-order valence-corrected chi connectivity index (χ3v) is 5.44. The molecule has 1 heterocycles. The lowest BCUT2D eigenvalue weighted by Gasteiger charge is -2.36. The molecular formula is C23H21F3N2O2. The van der Waals surface area contributed by atoms with E-state index >= 15 is 0 Å². The van der Waals surface area contributed by atoms with Crippen molar-refractivity contribution in [2.45, 2.75) is 6.18 Å². The van der Waals surface area contributed by atoms with Crippen molar-refractivity contribution < 1.29 is 22.7 Å². The van der Waals surface area contributed by atoms with Crippen LogP contribution in [0.1, 0.15) is 15.9 Å². The van der Waals surface area contributed by atoms with Gasteiger partial charge in [-0.1, -0.05) is 30.3 Å². The molecule has 4 nitrogen and oxygen atoms in total. The summed E-state index contributed by atoms with van der Waals surface area (Å²) >= 11 is 0. The fraction of sp³-hybridized carbons (Fsp3) is 0.261. The number of benzene rings is 3. The van der Waals surface area contributed by atoms with E-state index in [2.05, 4.69) is 0 Å². The van der Waals surface area contributed by atoms with E-state index in [0.29, 0.717) is 43.2 Å². The topological polar surface area (TPSA) is 32.8 Å². The number of rotatable bonds is 3. The van der Waals surface area contributed by atoms with Gasteiger partial charge in [-0.25, -0.2) is 0 Å². The number of anilines is 1. The monoisotopic (exact) mass is 414 g/mol. The summed E-state index contributed by atoms with van der Waals surface area (Å²) in [7, 11) is 1.59. The number of nitrogens with zero attached hydrogens (tertiary/aromatic N) is 2. The average molecular weight is 414 g/mol.